The van der Waals surface area contributed by atoms with E-state index in [-0.39, 0.29) is 32.8 Å². The Balaban J connectivity index is 2.87. The van der Waals surface area contributed by atoms with Gasteiger partial charge in [-0.15, -0.1) is 0 Å². The number of morpholine rings is 1. The third-order valence-corrected chi connectivity index (χ3v) is 3.67. The molecular formula is C13H14F11NO3. The summed E-state index contributed by atoms with van der Waals surface area (Å²) in [6, 6.07) is 0. The normalized spacial score (nSPS) is 18.2. The fraction of sp³-hybridized carbons (Fsp3) is 0.923. The summed E-state index contributed by atoms with van der Waals surface area (Å²) >= 11 is 0. The maximum absolute atomic E-state index is 13.5. The summed E-state index contributed by atoms with van der Waals surface area (Å²) in [5.41, 5.74) is 0. The predicted octanol–water partition coefficient (Wildman–Crippen LogP) is 3.36. The second kappa shape index (κ2) is 8.16. The molecule has 4 nitrogen and oxygen atoms in total. The van der Waals surface area contributed by atoms with Gasteiger partial charge >= 0.3 is 35.8 Å². The van der Waals surface area contributed by atoms with E-state index in [1.54, 1.807) is 0 Å². The molecule has 0 aromatic carbocycles. The number of ether oxygens (including phenoxy) is 2. The number of alkyl halides is 11. The SMILES string of the molecule is O=C(OCCN1CCOCC1)C(F)(F)C(F)(F)C(F)(F)C(F)(F)CC(F)(F)F. The van der Waals surface area contributed by atoms with Crippen molar-refractivity contribution in [2.75, 3.05) is 39.5 Å². The number of carbonyl (C=O) groups is 1. The van der Waals surface area contributed by atoms with Crippen LogP contribution in [0, 0.1) is 0 Å². The van der Waals surface area contributed by atoms with Crippen molar-refractivity contribution < 1.29 is 62.6 Å². The zero-order chi connectivity index (χ0) is 22.0. The Morgan fingerprint density at radius 3 is 1.82 bits per heavy atom. The highest BCUT2D eigenvalue weighted by Gasteiger charge is 2.84. The number of hydrogen-bond acceptors (Lipinski definition) is 4. The van der Waals surface area contributed by atoms with Crippen molar-refractivity contribution in [3.05, 3.63) is 0 Å². The summed E-state index contributed by atoms with van der Waals surface area (Å²) in [5.74, 6) is -30.8. The van der Waals surface area contributed by atoms with Gasteiger partial charge in [-0.05, 0) is 0 Å². The van der Waals surface area contributed by atoms with Crippen molar-refractivity contribution in [2.45, 2.75) is 36.3 Å². The third kappa shape index (κ3) is 5.15. The van der Waals surface area contributed by atoms with Crippen LogP contribution in [-0.4, -0.2) is 80.2 Å². The Labute approximate surface area is 150 Å². The van der Waals surface area contributed by atoms with Gasteiger partial charge in [0, 0.05) is 19.6 Å². The van der Waals surface area contributed by atoms with Crippen LogP contribution in [0.25, 0.3) is 0 Å². The first-order valence-corrected chi connectivity index (χ1v) is 7.51. The molecule has 0 aliphatic carbocycles. The van der Waals surface area contributed by atoms with E-state index in [9.17, 15) is 53.1 Å². The van der Waals surface area contributed by atoms with Crippen LogP contribution in [0.4, 0.5) is 48.3 Å². The van der Waals surface area contributed by atoms with Gasteiger partial charge in [0.25, 0.3) is 0 Å². The first-order valence-electron chi connectivity index (χ1n) is 7.51. The molecule has 0 aromatic rings. The highest BCUT2D eigenvalue weighted by molar-refractivity contribution is 5.79. The molecular weight excluding hydrogens is 427 g/mol. The summed E-state index contributed by atoms with van der Waals surface area (Å²) in [5, 5.41) is 0. The molecule has 0 atom stereocenters. The van der Waals surface area contributed by atoms with Crippen LogP contribution in [-0.2, 0) is 14.3 Å². The standard InChI is InChI=1S/C13H14F11NO3/c14-9(15,7-10(16,17)18)12(21,22)13(23,24)11(19,20)8(26)28-6-3-25-1-4-27-5-2-25/h1-7H2. The fourth-order valence-corrected chi connectivity index (χ4v) is 2.10. The van der Waals surface area contributed by atoms with Gasteiger partial charge in [-0.1, -0.05) is 0 Å². The lowest BCUT2D eigenvalue weighted by Crippen LogP contribution is -2.65. The van der Waals surface area contributed by atoms with Crippen molar-refractivity contribution in [2.24, 2.45) is 0 Å². The number of rotatable bonds is 8. The molecule has 0 spiro atoms. The monoisotopic (exact) mass is 441 g/mol. The quantitative estimate of drug-likeness (QED) is 0.428. The maximum Gasteiger partial charge on any atom is 0.410 e. The van der Waals surface area contributed by atoms with E-state index < -0.39 is 48.9 Å². The lowest BCUT2D eigenvalue weighted by atomic mass is 9.96. The molecule has 15 heteroatoms. The molecule has 0 radical (unpaired) electrons. The molecule has 0 aromatic heterocycles. The molecule has 1 aliphatic heterocycles. The number of halogens is 11. The van der Waals surface area contributed by atoms with E-state index in [4.69, 9.17) is 4.74 Å². The minimum Gasteiger partial charge on any atom is -0.460 e. The van der Waals surface area contributed by atoms with Gasteiger partial charge in [-0.3, -0.25) is 4.90 Å². The number of hydrogen-bond donors (Lipinski definition) is 0. The lowest BCUT2D eigenvalue weighted by Gasteiger charge is -2.36. The van der Waals surface area contributed by atoms with Crippen LogP contribution in [0.1, 0.15) is 6.42 Å². The summed E-state index contributed by atoms with van der Waals surface area (Å²) in [4.78, 5) is 12.6. The zero-order valence-corrected chi connectivity index (χ0v) is 13.8. The van der Waals surface area contributed by atoms with Gasteiger partial charge in [-0.2, -0.15) is 48.3 Å². The highest BCUT2D eigenvalue weighted by Crippen LogP contribution is 2.55. The molecule has 0 N–H and O–H groups in total. The van der Waals surface area contributed by atoms with Crippen LogP contribution in [0.3, 0.4) is 0 Å². The van der Waals surface area contributed by atoms with Crippen LogP contribution < -0.4 is 0 Å². The van der Waals surface area contributed by atoms with E-state index in [0.717, 1.165) is 0 Å². The topological polar surface area (TPSA) is 38.8 Å². The molecule has 166 valence electrons. The summed E-state index contributed by atoms with van der Waals surface area (Å²) in [7, 11) is 0. The first-order chi connectivity index (χ1) is 12.5. The Morgan fingerprint density at radius 2 is 1.36 bits per heavy atom. The minimum absolute atomic E-state index is 0.225. The summed E-state index contributed by atoms with van der Waals surface area (Å²) in [6.07, 6.45) is -9.87. The fourth-order valence-electron chi connectivity index (χ4n) is 2.10. The van der Waals surface area contributed by atoms with Crippen LogP contribution in [0.2, 0.25) is 0 Å². The Kier molecular flexibility index (Phi) is 7.19. The van der Waals surface area contributed by atoms with Crippen molar-refractivity contribution in [1.29, 1.82) is 0 Å². The second-order valence-corrected chi connectivity index (χ2v) is 5.81. The second-order valence-electron chi connectivity index (χ2n) is 5.81. The molecule has 0 bridgehead atoms. The van der Waals surface area contributed by atoms with E-state index >= 15 is 0 Å². The van der Waals surface area contributed by atoms with Gasteiger partial charge in [-0.25, -0.2) is 4.79 Å². The maximum atomic E-state index is 13.5. The highest BCUT2D eigenvalue weighted by atomic mass is 19.4. The van der Waals surface area contributed by atoms with Crippen molar-refractivity contribution in [3.63, 3.8) is 0 Å². The molecule has 1 fully saturated rings. The Hall–Kier alpha value is -1.38. The Bertz CT molecular complexity index is 544. The van der Waals surface area contributed by atoms with E-state index in [0.29, 0.717) is 0 Å². The van der Waals surface area contributed by atoms with Gasteiger partial charge < -0.3 is 9.47 Å². The molecule has 1 rings (SSSR count). The zero-order valence-electron chi connectivity index (χ0n) is 13.8. The molecule has 0 saturated carbocycles. The smallest absolute Gasteiger partial charge is 0.410 e. The predicted molar refractivity (Wildman–Crippen MR) is 68.7 cm³/mol. The number of carbonyl (C=O) groups excluding carboxylic acids is 1. The van der Waals surface area contributed by atoms with Crippen LogP contribution in [0.5, 0.6) is 0 Å². The Morgan fingerprint density at radius 1 is 0.857 bits per heavy atom. The lowest BCUT2D eigenvalue weighted by molar-refractivity contribution is -0.371. The number of esters is 1. The van der Waals surface area contributed by atoms with Gasteiger partial charge in [0.15, 0.2) is 0 Å². The minimum atomic E-state index is -7.21. The molecule has 28 heavy (non-hydrogen) atoms. The van der Waals surface area contributed by atoms with E-state index in [1.807, 2.05) is 0 Å². The number of nitrogens with zero attached hydrogens (tertiary/aromatic N) is 1. The van der Waals surface area contributed by atoms with Gasteiger partial charge in [0.1, 0.15) is 13.0 Å². The van der Waals surface area contributed by atoms with E-state index in [2.05, 4.69) is 4.74 Å². The molecule has 1 saturated heterocycles. The summed E-state index contributed by atoms with van der Waals surface area (Å²) in [6.45, 7) is -0.296. The molecule has 1 aliphatic rings. The van der Waals surface area contributed by atoms with Crippen LogP contribution in [0.15, 0.2) is 0 Å². The van der Waals surface area contributed by atoms with Gasteiger partial charge in [0.05, 0.1) is 13.2 Å². The van der Waals surface area contributed by atoms with Crippen molar-refractivity contribution >= 4 is 5.97 Å². The molecule has 1 heterocycles. The van der Waals surface area contributed by atoms with Crippen molar-refractivity contribution in [3.8, 4) is 0 Å². The van der Waals surface area contributed by atoms with Gasteiger partial charge in [0.2, 0.25) is 0 Å². The third-order valence-electron chi connectivity index (χ3n) is 3.67. The van der Waals surface area contributed by atoms with E-state index in [1.165, 1.54) is 4.90 Å². The molecule has 0 unspecified atom stereocenters. The molecule has 0 amide bonds. The van der Waals surface area contributed by atoms with Crippen molar-refractivity contribution in [1.82, 2.24) is 4.90 Å². The average molecular weight is 441 g/mol. The average Bonchev–Trinajstić information content (AvgIpc) is 2.52. The largest absolute Gasteiger partial charge is 0.460 e. The van der Waals surface area contributed by atoms with Crippen LogP contribution >= 0.6 is 0 Å². The first kappa shape index (κ1) is 24.7. The summed E-state index contributed by atoms with van der Waals surface area (Å²) < 4.78 is 151.